The molecule has 0 aromatic heterocycles. The van der Waals surface area contributed by atoms with Gasteiger partial charge >= 0.3 is 0 Å². The van der Waals surface area contributed by atoms with Gasteiger partial charge in [-0.05, 0) is 44.6 Å². The third-order valence-corrected chi connectivity index (χ3v) is 7.27. The van der Waals surface area contributed by atoms with Crippen molar-refractivity contribution in [3.63, 3.8) is 0 Å². The quantitative estimate of drug-likeness (QED) is 0.542. The Kier molecular flexibility index (Phi) is 7.49. The molecular formula is C25H38N4O2. The van der Waals surface area contributed by atoms with Crippen LogP contribution in [0.15, 0.2) is 35.3 Å². The molecule has 2 heterocycles. The van der Waals surface area contributed by atoms with E-state index >= 15 is 0 Å². The Hall–Kier alpha value is -2.08. The molecule has 1 aliphatic carbocycles. The Morgan fingerprint density at radius 1 is 1.16 bits per heavy atom. The average Bonchev–Trinajstić information content (AvgIpc) is 3.51. The molecule has 6 heteroatoms. The Bertz CT molecular complexity index is 739. The van der Waals surface area contributed by atoms with Crippen LogP contribution in [0.5, 0.6) is 0 Å². The molecule has 1 aromatic carbocycles. The van der Waals surface area contributed by atoms with Gasteiger partial charge in [-0.2, -0.15) is 0 Å². The summed E-state index contributed by atoms with van der Waals surface area (Å²) in [7, 11) is 0. The highest BCUT2D eigenvalue weighted by atomic mass is 16.5. The topological polar surface area (TPSA) is 66.0 Å². The number of rotatable bonds is 6. The number of nitrogens with one attached hydrogen (secondary N) is 2. The maximum absolute atomic E-state index is 12.8. The number of aliphatic imine (C=N–C) groups is 1. The van der Waals surface area contributed by atoms with Crippen LogP contribution in [0.4, 0.5) is 0 Å². The van der Waals surface area contributed by atoms with Crippen molar-refractivity contribution in [2.75, 3.05) is 39.4 Å². The summed E-state index contributed by atoms with van der Waals surface area (Å²) < 4.78 is 5.67. The summed E-state index contributed by atoms with van der Waals surface area (Å²) in [6.07, 6.45) is 7.53. The number of guanidine groups is 1. The molecule has 2 N–H and O–H groups in total. The van der Waals surface area contributed by atoms with Crippen LogP contribution in [0.25, 0.3) is 0 Å². The predicted molar refractivity (Wildman–Crippen MR) is 124 cm³/mol. The number of hydrogen-bond donors (Lipinski definition) is 2. The van der Waals surface area contributed by atoms with Gasteiger partial charge < -0.3 is 20.3 Å². The third kappa shape index (κ3) is 5.40. The first-order valence-electron chi connectivity index (χ1n) is 12.2. The Morgan fingerprint density at radius 2 is 1.90 bits per heavy atom. The highest BCUT2D eigenvalue weighted by molar-refractivity contribution is 5.81. The molecule has 2 saturated heterocycles. The van der Waals surface area contributed by atoms with Gasteiger partial charge in [-0.25, -0.2) is 0 Å². The first kappa shape index (κ1) is 22.1. The van der Waals surface area contributed by atoms with Crippen molar-refractivity contribution >= 4 is 11.9 Å². The highest BCUT2D eigenvalue weighted by Gasteiger charge is 2.35. The molecule has 0 spiro atoms. The summed E-state index contributed by atoms with van der Waals surface area (Å²) in [6.45, 7) is 6.89. The van der Waals surface area contributed by atoms with Crippen LogP contribution < -0.4 is 10.6 Å². The van der Waals surface area contributed by atoms with Crippen molar-refractivity contribution in [2.45, 2.75) is 63.3 Å². The second-order valence-electron chi connectivity index (χ2n) is 9.35. The normalized spacial score (nSPS) is 24.4. The fourth-order valence-corrected chi connectivity index (χ4v) is 5.34. The van der Waals surface area contributed by atoms with Crippen LogP contribution >= 0.6 is 0 Å². The van der Waals surface area contributed by atoms with Gasteiger partial charge in [0.05, 0.1) is 6.54 Å². The molecule has 6 nitrogen and oxygen atoms in total. The standard InChI is InChI=1S/C25H38N4O2/c1-2-26-24(28-22-12-15-29(18-22)23(30)20-8-6-7-9-20)27-19-25(13-16-31-17-14-25)21-10-4-3-5-11-21/h3-5,10-11,20,22H,2,6-9,12-19H2,1H3,(H2,26,27,28). The Labute approximate surface area is 186 Å². The van der Waals surface area contributed by atoms with Crippen molar-refractivity contribution < 1.29 is 9.53 Å². The van der Waals surface area contributed by atoms with E-state index in [0.717, 1.165) is 77.5 Å². The predicted octanol–water partition coefficient (Wildman–Crippen LogP) is 3.08. The van der Waals surface area contributed by atoms with Crippen molar-refractivity contribution in [1.82, 2.24) is 15.5 Å². The van der Waals surface area contributed by atoms with E-state index in [2.05, 4.69) is 52.8 Å². The summed E-state index contributed by atoms with van der Waals surface area (Å²) in [6, 6.07) is 11.0. The summed E-state index contributed by atoms with van der Waals surface area (Å²) in [5, 5.41) is 7.04. The molecule has 170 valence electrons. The molecule has 4 rings (SSSR count). The van der Waals surface area contributed by atoms with E-state index in [0.29, 0.717) is 5.91 Å². The van der Waals surface area contributed by atoms with E-state index in [-0.39, 0.29) is 17.4 Å². The van der Waals surface area contributed by atoms with E-state index < -0.39 is 0 Å². The number of carbonyl (C=O) groups excluding carboxylic acids is 1. The van der Waals surface area contributed by atoms with Crippen molar-refractivity contribution in [3.05, 3.63) is 35.9 Å². The summed E-state index contributed by atoms with van der Waals surface area (Å²) >= 11 is 0. The molecule has 3 aliphatic rings. The number of nitrogens with zero attached hydrogens (tertiary/aromatic N) is 2. The minimum Gasteiger partial charge on any atom is -0.381 e. The van der Waals surface area contributed by atoms with Crippen LogP contribution in [0.3, 0.4) is 0 Å². The number of amides is 1. The van der Waals surface area contributed by atoms with E-state index in [1.807, 2.05) is 0 Å². The van der Waals surface area contributed by atoms with Crippen LogP contribution in [-0.2, 0) is 14.9 Å². The molecule has 1 unspecified atom stereocenters. The largest absolute Gasteiger partial charge is 0.381 e. The molecule has 2 aliphatic heterocycles. The molecule has 0 bridgehead atoms. The molecule has 31 heavy (non-hydrogen) atoms. The molecular weight excluding hydrogens is 388 g/mol. The van der Waals surface area contributed by atoms with E-state index in [4.69, 9.17) is 9.73 Å². The smallest absolute Gasteiger partial charge is 0.225 e. The zero-order valence-corrected chi connectivity index (χ0v) is 18.9. The molecule has 1 amide bonds. The lowest BCUT2D eigenvalue weighted by atomic mass is 9.74. The van der Waals surface area contributed by atoms with Crippen molar-refractivity contribution in [2.24, 2.45) is 10.9 Å². The summed E-state index contributed by atoms with van der Waals surface area (Å²) in [4.78, 5) is 19.9. The fourth-order valence-electron chi connectivity index (χ4n) is 5.34. The van der Waals surface area contributed by atoms with Crippen molar-refractivity contribution in [3.8, 4) is 0 Å². The molecule has 1 aromatic rings. The average molecular weight is 427 g/mol. The Morgan fingerprint density at radius 3 is 2.61 bits per heavy atom. The first-order valence-corrected chi connectivity index (χ1v) is 12.2. The van der Waals surface area contributed by atoms with E-state index in [1.165, 1.54) is 18.4 Å². The number of carbonyl (C=O) groups is 1. The molecule has 1 atom stereocenters. The summed E-state index contributed by atoms with van der Waals surface area (Å²) in [5.74, 6) is 1.50. The zero-order valence-electron chi connectivity index (χ0n) is 18.9. The Balaban J connectivity index is 1.40. The second-order valence-corrected chi connectivity index (χ2v) is 9.35. The lowest BCUT2D eigenvalue weighted by Gasteiger charge is -2.36. The van der Waals surface area contributed by atoms with Crippen LogP contribution in [0.1, 0.15) is 57.4 Å². The fraction of sp³-hybridized carbons (Fsp3) is 0.680. The lowest BCUT2D eigenvalue weighted by molar-refractivity contribution is -0.134. The number of ether oxygens (including phenoxy) is 1. The SMILES string of the molecule is CCNC(=NCC1(c2ccccc2)CCOCC1)NC1CCN(C(=O)C2CCCC2)C1. The maximum Gasteiger partial charge on any atom is 0.225 e. The minimum atomic E-state index is 0.0298. The number of benzene rings is 1. The van der Waals surface area contributed by atoms with E-state index in [1.54, 1.807) is 0 Å². The van der Waals surface area contributed by atoms with Crippen LogP contribution in [0, 0.1) is 5.92 Å². The summed E-state index contributed by atoms with van der Waals surface area (Å²) in [5.41, 5.74) is 1.38. The second kappa shape index (κ2) is 10.5. The van der Waals surface area contributed by atoms with Gasteiger partial charge in [0.2, 0.25) is 5.91 Å². The van der Waals surface area contributed by atoms with Crippen LogP contribution in [0.2, 0.25) is 0 Å². The number of likely N-dealkylation sites (tertiary alicyclic amines) is 1. The zero-order chi connectivity index (χ0) is 21.5. The van der Waals surface area contributed by atoms with Gasteiger partial charge in [-0.1, -0.05) is 43.2 Å². The van der Waals surface area contributed by atoms with Gasteiger partial charge in [-0.15, -0.1) is 0 Å². The molecule has 1 saturated carbocycles. The lowest BCUT2D eigenvalue weighted by Crippen LogP contribution is -2.46. The monoisotopic (exact) mass is 426 g/mol. The van der Waals surface area contributed by atoms with Gasteiger partial charge in [0, 0.05) is 50.2 Å². The van der Waals surface area contributed by atoms with Crippen molar-refractivity contribution in [1.29, 1.82) is 0 Å². The van der Waals surface area contributed by atoms with Gasteiger partial charge in [0.15, 0.2) is 5.96 Å². The van der Waals surface area contributed by atoms with E-state index in [9.17, 15) is 4.79 Å². The maximum atomic E-state index is 12.8. The third-order valence-electron chi connectivity index (χ3n) is 7.27. The number of hydrogen-bond acceptors (Lipinski definition) is 3. The van der Waals surface area contributed by atoms with Gasteiger partial charge in [-0.3, -0.25) is 9.79 Å². The van der Waals surface area contributed by atoms with Crippen LogP contribution in [-0.4, -0.2) is 62.2 Å². The minimum absolute atomic E-state index is 0.0298. The van der Waals surface area contributed by atoms with Gasteiger partial charge in [0.25, 0.3) is 0 Å². The molecule has 3 fully saturated rings. The highest BCUT2D eigenvalue weighted by Crippen LogP contribution is 2.35. The van der Waals surface area contributed by atoms with Gasteiger partial charge in [0.1, 0.15) is 0 Å². The first-order chi connectivity index (χ1) is 15.2. The molecule has 0 radical (unpaired) electrons.